The molecular weight excluding hydrogens is 332 g/mol. The van der Waals surface area contributed by atoms with E-state index in [1.54, 1.807) is 0 Å². The van der Waals surface area contributed by atoms with Gasteiger partial charge >= 0.3 is 5.97 Å². The number of allylic oxidation sites excluding steroid dienone is 2. The Morgan fingerprint density at radius 3 is 1.74 bits per heavy atom. The van der Waals surface area contributed by atoms with Gasteiger partial charge in [0.1, 0.15) is 5.76 Å². The number of ether oxygens (including phenoxy) is 1. The number of benzene rings is 3. The fraction of sp³-hybridized carbons (Fsp3) is 0.0800. The van der Waals surface area contributed by atoms with E-state index in [1.165, 1.54) is 0 Å². The van der Waals surface area contributed by atoms with Crippen molar-refractivity contribution in [3.8, 4) is 0 Å². The van der Waals surface area contributed by atoms with Gasteiger partial charge in [-0.3, -0.25) is 0 Å². The van der Waals surface area contributed by atoms with Crippen LogP contribution in [0.3, 0.4) is 0 Å². The summed E-state index contributed by atoms with van der Waals surface area (Å²) in [6.45, 7) is 1.82. The molecule has 1 heterocycles. The molecule has 3 aromatic rings. The van der Waals surface area contributed by atoms with E-state index in [0.717, 1.165) is 22.3 Å². The minimum absolute atomic E-state index is 0.000174. The maximum Gasteiger partial charge on any atom is 0.339 e. The largest absolute Gasteiger partial charge is 0.423 e. The van der Waals surface area contributed by atoms with Gasteiger partial charge in [0.25, 0.3) is 0 Å². The van der Waals surface area contributed by atoms with E-state index in [4.69, 9.17) is 4.74 Å². The van der Waals surface area contributed by atoms with Crippen LogP contribution in [0.2, 0.25) is 0 Å². The second kappa shape index (κ2) is 7.46. The van der Waals surface area contributed by atoms with Crippen molar-refractivity contribution in [3.63, 3.8) is 0 Å². The van der Waals surface area contributed by atoms with Gasteiger partial charge in [-0.2, -0.15) is 0 Å². The Morgan fingerprint density at radius 1 is 0.741 bits per heavy atom. The zero-order valence-corrected chi connectivity index (χ0v) is 15.1. The first-order valence-electron chi connectivity index (χ1n) is 9.04. The van der Waals surface area contributed by atoms with Crippen LogP contribution in [0.5, 0.6) is 0 Å². The van der Waals surface area contributed by atoms with Crippen LogP contribution in [0, 0.1) is 0 Å². The Balaban J connectivity index is 1.84. The minimum Gasteiger partial charge on any atom is -0.423 e. The lowest BCUT2D eigenvalue weighted by Crippen LogP contribution is -2.01. The van der Waals surface area contributed by atoms with Crippen molar-refractivity contribution < 1.29 is 9.53 Å². The molecule has 1 aliphatic heterocycles. The monoisotopic (exact) mass is 352 g/mol. The molecule has 0 amide bonds. The molecule has 4 rings (SSSR count). The second-order valence-electron chi connectivity index (χ2n) is 6.59. The average molecular weight is 352 g/mol. The number of hydrogen-bond acceptors (Lipinski definition) is 2. The number of carbonyl (C=O) groups excluding carboxylic acids is 1. The Morgan fingerprint density at radius 2 is 1.22 bits per heavy atom. The molecule has 0 spiro atoms. The van der Waals surface area contributed by atoms with E-state index in [9.17, 15) is 4.79 Å². The van der Waals surface area contributed by atoms with E-state index in [2.05, 4.69) is 30.3 Å². The first kappa shape index (κ1) is 17.0. The molecular formula is C25H20O2. The van der Waals surface area contributed by atoms with Crippen molar-refractivity contribution in [1.29, 1.82) is 0 Å². The minimum atomic E-state index is -0.278. The van der Waals surface area contributed by atoms with Crippen molar-refractivity contribution in [3.05, 3.63) is 125 Å². The Bertz CT molecular complexity index is 960. The fourth-order valence-electron chi connectivity index (χ4n) is 3.45. The van der Waals surface area contributed by atoms with E-state index in [-0.39, 0.29) is 11.9 Å². The summed E-state index contributed by atoms with van der Waals surface area (Å²) >= 11 is 0. The molecule has 132 valence electrons. The maximum atomic E-state index is 12.3. The normalized spacial score (nSPS) is 15.5. The smallest absolute Gasteiger partial charge is 0.339 e. The standard InChI is InChI=1S/C25H20O2/c1-18-24(21-15-9-4-10-16-21)23(27-25(18)26)17-22(19-11-5-2-6-12-19)20-13-7-3-8-14-20/h2-17,22H,1H3/b23-17-. The summed E-state index contributed by atoms with van der Waals surface area (Å²) in [5, 5.41) is 0. The molecule has 0 aromatic heterocycles. The van der Waals surface area contributed by atoms with E-state index in [0.29, 0.717) is 11.3 Å². The Labute approximate surface area is 159 Å². The molecule has 0 unspecified atom stereocenters. The highest BCUT2D eigenvalue weighted by atomic mass is 16.5. The molecule has 0 saturated carbocycles. The number of cyclic esters (lactones) is 1. The molecule has 0 radical (unpaired) electrons. The fourth-order valence-corrected chi connectivity index (χ4v) is 3.45. The lowest BCUT2D eigenvalue weighted by Gasteiger charge is -2.16. The van der Waals surface area contributed by atoms with Crippen LogP contribution < -0.4 is 0 Å². The summed E-state index contributed by atoms with van der Waals surface area (Å²) < 4.78 is 5.66. The van der Waals surface area contributed by atoms with Gasteiger partial charge in [-0.25, -0.2) is 4.79 Å². The molecule has 27 heavy (non-hydrogen) atoms. The van der Waals surface area contributed by atoms with Crippen LogP contribution in [0.4, 0.5) is 0 Å². The molecule has 2 nitrogen and oxygen atoms in total. The predicted octanol–water partition coefficient (Wildman–Crippen LogP) is 5.73. The molecule has 2 heteroatoms. The lowest BCUT2D eigenvalue weighted by molar-refractivity contribution is -0.133. The number of hydrogen-bond donors (Lipinski definition) is 0. The number of carbonyl (C=O) groups is 1. The van der Waals surface area contributed by atoms with E-state index >= 15 is 0 Å². The SMILES string of the molecule is CC1=C(c2ccccc2)/C(=C/C(c2ccccc2)c2ccccc2)OC1=O. The molecule has 1 aliphatic rings. The number of rotatable bonds is 4. The molecule has 0 saturated heterocycles. The van der Waals surface area contributed by atoms with Gasteiger partial charge in [0.05, 0.1) is 0 Å². The van der Waals surface area contributed by atoms with E-state index < -0.39 is 0 Å². The van der Waals surface area contributed by atoms with Crippen LogP contribution >= 0.6 is 0 Å². The Kier molecular flexibility index (Phi) is 4.71. The summed E-state index contributed by atoms with van der Waals surface area (Å²) in [5.41, 5.74) is 4.82. The summed E-state index contributed by atoms with van der Waals surface area (Å²) in [5.74, 6) is 0.348. The topological polar surface area (TPSA) is 26.3 Å². The predicted molar refractivity (Wildman–Crippen MR) is 108 cm³/mol. The second-order valence-corrected chi connectivity index (χ2v) is 6.59. The lowest BCUT2D eigenvalue weighted by atomic mass is 9.89. The zero-order valence-electron chi connectivity index (χ0n) is 15.1. The van der Waals surface area contributed by atoms with E-state index in [1.807, 2.05) is 73.7 Å². The van der Waals surface area contributed by atoms with Gasteiger partial charge in [0.15, 0.2) is 0 Å². The highest BCUT2D eigenvalue weighted by molar-refractivity contribution is 6.06. The van der Waals surface area contributed by atoms with Gasteiger partial charge in [0.2, 0.25) is 0 Å². The Hall–Kier alpha value is -3.39. The molecule has 0 aliphatic carbocycles. The highest BCUT2D eigenvalue weighted by Gasteiger charge is 2.29. The molecule has 0 bridgehead atoms. The maximum absolute atomic E-state index is 12.3. The van der Waals surface area contributed by atoms with Gasteiger partial charge in [-0.1, -0.05) is 91.0 Å². The molecule has 3 aromatic carbocycles. The van der Waals surface area contributed by atoms with Crippen molar-refractivity contribution in [2.24, 2.45) is 0 Å². The van der Waals surface area contributed by atoms with Crippen LogP contribution in [-0.4, -0.2) is 5.97 Å². The average Bonchev–Trinajstić information content (AvgIpc) is 3.01. The van der Waals surface area contributed by atoms with Crippen molar-refractivity contribution >= 4 is 11.5 Å². The highest BCUT2D eigenvalue weighted by Crippen LogP contribution is 2.37. The van der Waals surface area contributed by atoms with Gasteiger partial charge in [0, 0.05) is 17.1 Å². The van der Waals surface area contributed by atoms with Gasteiger partial charge in [-0.15, -0.1) is 0 Å². The van der Waals surface area contributed by atoms with Crippen LogP contribution in [-0.2, 0) is 9.53 Å². The van der Waals surface area contributed by atoms with Crippen molar-refractivity contribution in [2.45, 2.75) is 12.8 Å². The molecule has 0 atom stereocenters. The quantitative estimate of drug-likeness (QED) is 0.560. The summed E-state index contributed by atoms with van der Waals surface area (Å²) in [6.07, 6.45) is 2.06. The van der Waals surface area contributed by atoms with Gasteiger partial charge in [-0.05, 0) is 29.7 Å². The summed E-state index contributed by atoms with van der Waals surface area (Å²) in [6, 6.07) is 30.5. The van der Waals surface area contributed by atoms with Crippen molar-refractivity contribution in [1.82, 2.24) is 0 Å². The van der Waals surface area contributed by atoms with Gasteiger partial charge < -0.3 is 4.74 Å². The third-order valence-electron chi connectivity index (χ3n) is 4.83. The van der Waals surface area contributed by atoms with Crippen LogP contribution in [0.15, 0.2) is 108 Å². The first-order valence-corrected chi connectivity index (χ1v) is 9.04. The third kappa shape index (κ3) is 3.47. The zero-order chi connectivity index (χ0) is 18.6. The molecule has 0 N–H and O–H groups in total. The molecule has 0 fully saturated rings. The first-order chi connectivity index (χ1) is 13.2. The third-order valence-corrected chi connectivity index (χ3v) is 4.83. The number of esters is 1. The summed E-state index contributed by atoms with van der Waals surface area (Å²) in [7, 11) is 0. The van der Waals surface area contributed by atoms with Crippen LogP contribution in [0.1, 0.15) is 29.5 Å². The summed E-state index contributed by atoms with van der Waals surface area (Å²) in [4.78, 5) is 12.3. The van der Waals surface area contributed by atoms with Crippen LogP contribution in [0.25, 0.3) is 5.57 Å². The van der Waals surface area contributed by atoms with Crippen molar-refractivity contribution in [2.75, 3.05) is 0 Å².